The van der Waals surface area contributed by atoms with Gasteiger partial charge < -0.3 is 14.2 Å². The molecular weight excluding hydrogens is 492 g/mol. The summed E-state index contributed by atoms with van der Waals surface area (Å²) in [5.74, 6) is -2.33. The van der Waals surface area contributed by atoms with Crippen molar-refractivity contribution in [3.05, 3.63) is 99.0 Å². The lowest BCUT2D eigenvalue weighted by Gasteiger charge is -2.36. The maximum Gasteiger partial charge on any atom is 0.275 e. The van der Waals surface area contributed by atoms with E-state index in [-0.39, 0.29) is 54.1 Å². The third-order valence-corrected chi connectivity index (χ3v) is 7.80. The number of rotatable bonds is 7. The molecule has 0 saturated carbocycles. The van der Waals surface area contributed by atoms with Crippen molar-refractivity contribution in [3.8, 4) is 5.75 Å². The second kappa shape index (κ2) is 9.79. The summed E-state index contributed by atoms with van der Waals surface area (Å²) in [4.78, 5) is 44.7. The first kappa shape index (κ1) is 24.5. The average Bonchev–Trinajstić information content (AvgIpc) is 3.51. The first-order chi connectivity index (χ1) is 18.4. The topological polar surface area (TPSA) is 71.8 Å². The minimum Gasteiger partial charge on any atom is -0.483 e. The van der Waals surface area contributed by atoms with Crippen LogP contribution in [0.25, 0.3) is 0 Å². The van der Waals surface area contributed by atoms with E-state index in [9.17, 15) is 23.2 Å². The molecule has 3 aliphatic rings. The van der Waals surface area contributed by atoms with Crippen molar-refractivity contribution < 1.29 is 23.1 Å². The van der Waals surface area contributed by atoms with Gasteiger partial charge in [0.25, 0.3) is 5.91 Å². The number of hydrogen-bond acceptors (Lipinski definition) is 5. The number of hydrogen-bond donors (Lipinski definition) is 0. The van der Waals surface area contributed by atoms with Crippen molar-refractivity contribution in [2.24, 2.45) is 0 Å². The van der Waals surface area contributed by atoms with Crippen LogP contribution in [0.15, 0.2) is 59.5 Å². The lowest BCUT2D eigenvalue weighted by atomic mass is 10.0. The van der Waals surface area contributed by atoms with E-state index in [1.165, 1.54) is 12.3 Å². The predicted molar refractivity (Wildman–Crippen MR) is 135 cm³/mol. The van der Waals surface area contributed by atoms with Gasteiger partial charge in [0.1, 0.15) is 24.4 Å². The number of benzene rings is 2. The number of carbonyl (C=O) groups excluding carboxylic acids is 2. The Morgan fingerprint density at radius 2 is 1.87 bits per heavy atom. The minimum atomic E-state index is -0.737. The number of amides is 1. The molecule has 0 bridgehead atoms. The predicted octanol–water partition coefficient (Wildman–Crippen LogP) is 3.78. The molecule has 6 rings (SSSR count). The van der Waals surface area contributed by atoms with Gasteiger partial charge in [-0.05, 0) is 36.5 Å². The van der Waals surface area contributed by atoms with Crippen LogP contribution in [0.2, 0.25) is 0 Å². The summed E-state index contributed by atoms with van der Waals surface area (Å²) >= 11 is 0. The monoisotopic (exact) mass is 519 g/mol. The Morgan fingerprint density at radius 3 is 2.66 bits per heavy atom. The Labute approximate surface area is 218 Å². The highest BCUT2D eigenvalue weighted by Gasteiger charge is 2.48. The highest BCUT2D eigenvalue weighted by molar-refractivity contribution is 6.00. The van der Waals surface area contributed by atoms with Gasteiger partial charge in [0.2, 0.25) is 5.43 Å². The highest BCUT2D eigenvalue weighted by atomic mass is 19.1. The lowest BCUT2D eigenvalue weighted by molar-refractivity contribution is 0.0510. The molecule has 0 radical (unpaired) electrons. The van der Waals surface area contributed by atoms with E-state index >= 15 is 0 Å². The van der Waals surface area contributed by atoms with Crippen LogP contribution >= 0.6 is 0 Å². The van der Waals surface area contributed by atoms with Crippen LogP contribution in [0, 0.1) is 11.6 Å². The molecule has 4 heterocycles. The number of pyridine rings is 1. The summed E-state index contributed by atoms with van der Waals surface area (Å²) in [6.07, 6.45) is 3.28. The van der Waals surface area contributed by atoms with Crippen molar-refractivity contribution in [3.63, 3.8) is 0 Å². The van der Waals surface area contributed by atoms with Gasteiger partial charge in [0, 0.05) is 37.8 Å². The van der Waals surface area contributed by atoms with E-state index in [1.807, 2.05) is 35.2 Å². The molecule has 0 N–H and O–H groups in total. The Kier molecular flexibility index (Phi) is 6.31. The van der Waals surface area contributed by atoms with Gasteiger partial charge in [0.15, 0.2) is 17.2 Å². The Bertz CT molecular complexity index is 1470. The van der Waals surface area contributed by atoms with Gasteiger partial charge in [-0.1, -0.05) is 36.4 Å². The molecule has 196 valence electrons. The van der Waals surface area contributed by atoms with Gasteiger partial charge >= 0.3 is 0 Å². The van der Waals surface area contributed by atoms with Crippen LogP contribution in [0.4, 0.5) is 8.78 Å². The van der Waals surface area contributed by atoms with Crippen LogP contribution in [-0.4, -0.2) is 51.4 Å². The second-order valence-corrected chi connectivity index (χ2v) is 10.1. The zero-order chi connectivity index (χ0) is 26.4. The van der Waals surface area contributed by atoms with Crippen LogP contribution in [0.5, 0.6) is 5.75 Å². The first-order valence-electron chi connectivity index (χ1n) is 12.9. The summed E-state index contributed by atoms with van der Waals surface area (Å²) < 4.78 is 35.0. The quantitative estimate of drug-likeness (QED) is 0.445. The van der Waals surface area contributed by atoms with Crippen LogP contribution < -0.4 is 10.2 Å². The van der Waals surface area contributed by atoms with E-state index in [0.717, 1.165) is 37.1 Å². The van der Waals surface area contributed by atoms with E-state index in [1.54, 1.807) is 4.57 Å². The Morgan fingerprint density at radius 1 is 1.05 bits per heavy atom. The molecule has 9 heteroatoms. The first-order valence-corrected chi connectivity index (χ1v) is 12.9. The molecule has 1 aromatic heterocycles. The number of aryl methyl sites for hydroxylation is 1. The largest absolute Gasteiger partial charge is 0.483 e. The molecule has 1 amide bonds. The van der Waals surface area contributed by atoms with Gasteiger partial charge in [-0.25, -0.2) is 8.78 Å². The average molecular weight is 520 g/mol. The minimum absolute atomic E-state index is 0.0110. The van der Waals surface area contributed by atoms with Gasteiger partial charge in [0.05, 0.1) is 12.1 Å². The van der Waals surface area contributed by atoms with Crippen LogP contribution in [0.3, 0.4) is 0 Å². The van der Waals surface area contributed by atoms with Gasteiger partial charge in [-0.15, -0.1) is 0 Å². The maximum atomic E-state index is 14.1. The van der Waals surface area contributed by atoms with Gasteiger partial charge in [-0.3, -0.25) is 19.3 Å². The lowest BCUT2D eigenvalue weighted by Crippen LogP contribution is -2.50. The van der Waals surface area contributed by atoms with Crippen molar-refractivity contribution in [2.45, 2.75) is 51.0 Å². The Balaban J connectivity index is 1.35. The van der Waals surface area contributed by atoms with Crippen LogP contribution in [-0.2, 0) is 19.6 Å². The summed E-state index contributed by atoms with van der Waals surface area (Å²) in [6.45, 7) is 2.00. The van der Waals surface area contributed by atoms with Gasteiger partial charge in [-0.2, -0.15) is 0 Å². The molecule has 2 atom stereocenters. The third kappa shape index (κ3) is 4.30. The molecular formula is C29H27F2N3O4. The van der Waals surface area contributed by atoms with E-state index < -0.39 is 22.8 Å². The third-order valence-electron chi connectivity index (χ3n) is 7.80. The number of fused-ring (bicyclic) bond motifs is 4. The molecule has 0 aliphatic carbocycles. The van der Waals surface area contributed by atoms with Crippen molar-refractivity contribution in [2.75, 3.05) is 13.1 Å². The molecule has 38 heavy (non-hydrogen) atoms. The SMILES string of the molecule is O=C(CCc1ccc(F)cc1F)c1cn2c(c(OCc3ccccc3)c1=O)C(=O)N1C[C@H]3CCCN3[C@@H]1C2. The molecule has 0 spiro atoms. The summed E-state index contributed by atoms with van der Waals surface area (Å²) in [6, 6.07) is 12.8. The zero-order valence-electron chi connectivity index (χ0n) is 20.7. The number of ketones is 1. The molecule has 3 aliphatic heterocycles. The summed E-state index contributed by atoms with van der Waals surface area (Å²) in [5, 5.41) is 0. The maximum absolute atomic E-state index is 14.1. The number of Topliss-reactive ketones (excluding diaryl/α,β-unsaturated/α-hetero) is 1. The number of halogens is 2. The van der Waals surface area contributed by atoms with Crippen molar-refractivity contribution >= 4 is 11.7 Å². The van der Waals surface area contributed by atoms with Crippen molar-refractivity contribution in [1.82, 2.24) is 14.4 Å². The smallest absolute Gasteiger partial charge is 0.275 e. The molecule has 2 fully saturated rings. The highest BCUT2D eigenvalue weighted by Crippen LogP contribution is 2.35. The van der Waals surface area contributed by atoms with E-state index in [0.29, 0.717) is 19.1 Å². The summed E-state index contributed by atoms with van der Waals surface area (Å²) in [7, 11) is 0. The molecule has 2 aromatic carbocycles. The molecule has 3 aromatic rings. The molecule has 0 unspecified atom stereocenters. The fourth-order valence-corrected chi connectivity index (χ4v) is 5.88. The normalized spacial score (nSPS) is 20.3. The van der Waals surface area contributed by atoms with Crippen molar-refractivity contribution in [1.29, 1.82) is 0 Å². The van der Waals surface area contributed by atoms with E-state index in [2.05, 4.69) is 4.90 Å². The number of aromatic nitrogens is 1. The molecule has 7 nitrogen and oxygen atoms in total. The number of nitrogens with zero attached hydrogens (tertiary/aromatic N) is 3. The fourth-order valence-electron chi connectivity index (χ4n) is 5.88. The summed E-state index contributed by atoms with van der Waals surface area (Å²) in [5.41, 5.74) is 0.414. The zero-order valence-corrected chi connectivity index (χ0v) is 20.7. The van der Waals surface area contributed by atoms with E-state index in [4.69, 9.17) is 4.74 Å². The standard InChI is InChI=1S/C29H27F2N3O4/c30-20-10-8-19(23(31)13-20)9-11-24(35)22-15-32-16-25-33-12-4-7-21(33)14-34(25)29(37)26(32)28(27(22)36)38-17-18-5-2-1-3-6-18/h1-3,5-6,8,10,13,15,21,25H,4,7,9,11-12,14,16-17H2/t21-,25+/m1/s1. The number of carbonyl (C=O) groups is 2. The fraction of sp³-hybridized carbons (Fsp3) is 0.345. The Hall–Kier alpha value is -3.85. The second-order valence-electron chi connectivity index (χ2n) is 10.1. The molecule has 2 saturated heterocycles. The number of ether oxygens (including phenoxy) is 1. The van der Waals surface area contributed by atoms with Crippen LogP contribution in [0.1, 0.15) is 51.2 Å².